The number of aryl methyl sites for hydroxylation is 1. The molecule has 0 aromatic carbocycles. The number of amides is 1. The number of nitrogens with zero attached hydrogens (tertiary/aromatic N) is 6. The molecule has 12 heteroatoms. The van der Waals surface area contributed by atoms with Gasteiger partial charge in [-0.25, -0.2) is 0 Å². The quantitative estimate of drug-likeness (QED) is 0.567. The Bertz CT molecular complexity index is 838. The Kier molecular flexibility index (Phi) is 5.10. The van der Waals surface area contributed by atoms with Gasteiger partial charge in [0.1, 0.15) is 29.8 Å². The van der Waals surface area contributed by atoms with Crippen molar-refractivity contribution in [1.29, 1.82) is 0 Å². The summed E-state index contributed by atoms with van der Waals surface area (Å²) in [5.74, 6) is -0.378. The molecule has 0 unspecified atom stereocenters. The molecule has 0 radical (unpaired) electrons. The lowest BCUT2D eigenvalue weighted by Gasteiger charge is -2.07. The minimum absolute atomic E-state index is 0.0363. The van der Waals surface area contributed by atoms with E-state index < -0.39 is 9.85 Å². The van der Waals surface area contributed by atoms with Crippen molar-refractivity contribution in [3.05, 3.63) is 43.5 Å². The fourth-order valence-electron chi connectivity index (χ4n) is 2.44. The molecule has 0 aliphatic carbocycles. The molecule has 0 bridgehead atoms. The Hall–Kier alpha value is -3.31. The van der Waals surface area contributed by atoms with Crippen molar-refractivity contribution in [2.75, 3.05) is 6.54 Å². The van der Waals surface area contributed by atoms with Gasteiger partial charge in [0.15, 0.2) is 0 Å². The summed E-state index contributed by atoms with van der Waals surface area (Å²) in [6.45, 7) is 4.97. The van der Waals surface area contributed by atoms with Gasteiger partial charge in [-0.2, -0.15) is 10.2 Å². The second kappa shape index (κ2) is 7.07. The first-order valence-corrected chi connectivity index (χ1v) is 7.34. The maximum atomic E-state index is 11.9. The summed E-state index contributed by atoms with van der Waals surface area (Å²) in [5, 5.41) is 32.2. The third-order valence-corrected chi connectivity index (χ3v) is 3.74. The number of carbonyl (C=O) groups excluding carboxylic acids is 1. The minimum Gasteiger partial charge on any atom is -0.353 e. The third kappa shape index (κ3) is 3.79. The molecule has 0 saturated carbocycles. The van der Waals surface area contributed by atoms with E-state index >= 15 is 0 Å². The highest BCUT2D eigenvalue weighted by molar-refractivity contribution is 5.75. The van der Waals surface area contributed by atoms with Crippen molar-refractivity contribution in [1.82, 2.24) is 24.9 Å². The normalized spacial score (nSPS) is 10.7. The van der Waals surface area contributed by atoms with E-state index in [0.717, 1.165) is 6.20 Å². The molecule has 134 valence electrons. The van der Waals surface area contributed by atoms with Gasteiger partial charge in [0.25, 0.3) is 0 Å². The second-order valence-corrected chi connectivity index (χ2v) is 5.38. The summed E-state index contributed by atoms with van der Waals surface area (Å²) in [4.78, 5) is 32.6. The van der Waals surface area contributed by atoms with Crippen LogP contribution in [0.4, 0.5) is 11.4 Å². The van der Waals surface area contributed by atoms with Gasteiger partial charge in [0.2, 0.25) is 5.91 Å². The van der Waals surface area contributed by atoms with Gasteiger partial charge in [-0.3, -0.25) is 34.4 Å². The lowest BCUT2D eigenvalue weighted by molar-refractivity contribution is -0.386. The number of nitro groups is 2. The van der Waals surface area contributed by atoms with Crippen LogP contribution in [0.25, 0.3) is 0 Å². The Labute approximate surface area is 141 Å². The molecule has 12 nitrogen and oxygen atoms in total. The second-order valence-electron chi connectivity index (χ2n) is 5.38. The van der Waals surface area contributed by atoms with Crippen molar-refractivity contribution < 1.29 is 14.6 Å². The average Bonchev–Trinajstić information content (AvgIpc) is 3.00. The van der Waals surface area contributed by atoms with Crippen LogP contribution in [-0.4, -0.2) is 41.9 Å². The number of carbonyl (C=O) groups is 1. The molecule has 1 N–H and O–H groups in total. The van der Waals surface area contributed by atoms with E-state index in [1.54, 1.807) is 13.8 Å². The molecule has 2 rings (SSSR count). The van der Waals surface area contributed by atoms with Crippen LogP contribution in [0, 0.1) is 41.0 Å². The van der Waals surface area contributed by atoms with Crippen molar-refractivity contribution in [2.45, 2.75) is 33.9 Å². The largest absolute Gasteiger partial charge is 0.353 e. The topological polar surface area (TPSA) is 151 Å². The average molecular weight is 351 g/mol. The molecule has 0 aliphatic heterocycles. The molecule has 2 aromatic heterocycles. The van der Waals surface area contributed by atoms with Crippen LogP contribution in [0.3, 0.4) is 0 Å². The molecular formula is C13H17N7O5. The summed E-state index contributed by atoms with van der Waals surface area (Å²) >= 11 is 0. The molecule has 0 saturated heterocycles. The zero-order valence-corrected chi connectivity index (χ0v) is 13.9. The minimum atomic E-state index is -0.563. The molecule has 0 spiro atoms. The van der Waals surface area contributed by atoms with Gasteiger partial charge in [0.05, 0.1) is 16.4 Å². The Morgan fingerprint density at radius 2 is 1.84 bits per heavy atom. The van der Waals surface area contributed by atoms with E-state index in [0.29, 0.717) is 11.4 Å². The predicted molar refractivity (Wildman–Crippen MR) is 85.0 cm³/mol. The highest BCUT2D eigenvalue weighted by Crippen LogP contribution is 2.21. The summed E-state index contributed by atoms with van der Waals surface area (Å²) in [6.07, 6.45) is 1.09. The molecule has 0 atom stereocenters. The van der Waals surface area contributed by atoms with Crippen LogP contribution < -0.4 is 5.32 Å². The maximum Gasteiger partial charge on any atom is 0.312 e. The number of nitrogens with one attached hydrogen (secondary N) is 1. The van der Waals surface area contributed by atoms with E-state index in [-0.39, 0.29) is 42.6 Å². The lowest BCUT2D eigenvalue weighted by atomic mass is 10.3. The molecular weight excluding hydrogens is 334 g/mol. The summed E-state index contributed by atoms with van der Waals surface area (Å²) in [5.41, 5.74) is 0.825. The van der Waals surface area contributed by atoms with Crippen LogP contribution in [0.1, 0.15) is 17.1 Å². The number of hydrogen-bond acceptors (Lipinski definition) is 7. The van der Waals surface area contributed by atoms with Crippen molar-refractivity contribution in [2.24, 2.45) is 0 Å². The maximum absolute atomic E-state index is 11.9. The Morgan fingerprint density at radius 3 is 2.36 bits per heavy atom. The van der Waals surface area contributed by atoms with E-state index in [1.807, 2.05) is 0 Å². The van der Waals surface area contributed by atoms with Gasteiger partial charge in [-0.05, 0) is 20.8 Å². The molecule has 0 fully saturated rings. The summed E-state index contributed by atoms with van der Waals surface area (Å²) in [7, 11) is 0. The molecule has 25 heavy (non-hydrogen) atoms. The van der Waals surface area contributed by atoms with Crippen LogP contribution >= 0.6 is 0 Å². The summed E-state index contributed by atoms with van der Waals surface area (Å²) in [6, 6.07) is 0. The first-order valence-electron chi connectivity index (χ1n) is 7.34. The number of aromatic nitrogens is 4. The summed E-state index contributed by atoms with van der Waals surface area (Å²) < 4.78 is 2.69. The predicted octanol–water partition coefficient (Wildman–Crippen LogP) is 0.638. The van der Waals surface area contributed by atoms with E-state index in [9.17, 15) is 25.0 Å². The molecule has 2 aromatic rings. The SMILES string of the molecule is Cc1nn(CCNC(=O)Cn2ncc([N+](=O)[O-])c2C)c(C)c1[N+](=O)[O-]. The van der Waals surface area contributed by atoms with Crippen molar-refractivity contribution in [3.8, 4) is 0 Å². The first kappa shape index (κ1) is 18.0. The van der Waals surface area contributed by atoms with Gasteiger partial charge in [0, 0.05) is 6.54 Å². The van der Waals surface area contributed by atoms with Crippen molar-refractivity contribution >= 4 is 17.3 Å². The fraction of sp³-hybridized carbons (Fsp3) is 0.462. The van der Waals surface area contributed by atoms with Crippen LogP contribution in [0.5, 0.6) is 0 Å². The van der Waals surface area contributed by atoms with Gasteiger partial charge < -0.3 is 5.32 Å². The van der Waals surface area contributed by atoms with E-state index in [4.69, 9.17) is 0 Å². The Balaban J connectivity index is 1.92. The van der Waals surface area contributed by atoms with Crippen LogP contribution in [0.15, 0.2) is 6.20 Å². The number of hydrogen-bond donors (Lipinski definition) is 1. The molecule has 1 amide bonds. The highest BCUT2D eigenvalue weighted by Gasteiger charge is 2.21. The van der Waals surface area contributed by atoms with Crippen LogP contribution in [0.2, 0.25) is 0 Å². The smallest absolute Gasteiger partial charge is 0.312 e. The zero-order chi connectivity index (χ0) is 18.7. The molecule has 2 heterocycles. The highest BCUT2D eigenvalue weighted by atomic mass is 16.6. The van der Waals surface area contributed by atoms with Gasteiger partial charge in [-0.1, -0.05) is 0 Å². The third-order valence-electron chi connectivity index (χ3n) is 3.74. The number of rotatable bonds is 7. The van der Waals surface area contributed by atoms with Gasteiger partial charge >= 0.3 is 11.4 Å². The monoisotopic (exact) mass is 351 g/mol. The van der Waals surface area contributed by atoms with E-state index in [2.05, 4.69) is 15.5 Å². The van der Waals surface area contributed by atoms with Crippen LogP contribution in [-0.2, 0) is 17.9 Å². The zero-order valence-electron chi connectivity index (χ0n) is 13.9. The Morgan fingerprint density at radius 1 is 1.16 bits per heavy atom. The fourth-order valence-corrected chi connectivity index (χ4v) is 2.44. The first-order chi connectivity index (χ1) is 11.7. The van der Waals surface area contributed by atoms with E-state index in [1.165, 1.54) is 16.3 Å². The standard InChI is InChI=1S/C13H17N7O5/c1-8-13(20(24)25)10(3)17(16-8)5-4-14-12(21)7-18-9(2)11(6-15-18)19(22)23/h6H,4-5,7H2,1-3H3,(H,14,21). The van der Waals surface area contributed by atoms with Crippen molar-refractivity contribution in [3.63, 3.8) is 0 Å². The molecule has 0 aliphatic rings. The van der Waals surface area contributed by atoms with Gasteiger partial charge in [-0.15, -0.1) is 0 Å². The lowest BCUT2D eigenvalue weighted by Crippen LogP contribution is -2.31.